The van der Waals surface area contributed by atoms with Gasteiger partial charge in [-0.15, -0.1) is 0 Å². The molecule has 0 heterocycles. The molecule has 2 rings (SSSR count). The standard InChI is InChI=1S/C14H19FO2/c1-17-12-9-5-8-11(13(12)15)14(16)10-6-3-2-4-7-10/h5,8-10,14,16H,2-4,6-7H2,1H3. The predicted octanol–water partition coefficient (Wildman–Crippen LogP) is 3.45. The summed E-state index contributed by atoms with van der Waals surface area (Å²) in [5, 5.41) is 10.3. The number of aliphatic hydroxyl groups excluding tert-OH is 1. The minimum Gasteiger partial charge on any atom is -0.494 e. The van der Waals surface area contributed by atoms with E-state index >= 15 is 0 Å². The van der Waals surface area contributed by atoms with Crippen molar-refractivity contribution in [3.8, 4) is 5.75 Å². The Morgan fingerprint density at radius 3 is 2.65 bits per heavy atom. The van der Waals surface area contributed by atoms with Crippen molar-refractivity contribution in [2.24, 2.45) is 5.92 Å². The third-order valence-electron chi connectivity index (χ3n) is 3.63. The molecule has 1 unspecified atom stereocenters. The average Bonchev–Trinajstić information content (AvgIpc) is 2.39. The molecule has 0 amide bonds. The van der Waals surface area contributed by atoms with E-state index in [1.165, 1.54) is 13.5 Å². The minimum absolute atomic E-state index is 0.186. The second-order valence-corrected chi connectivity index (χ2v) is 4.71. The summed E-state index contributed by atoms with van der Waals surface area (Å²) in [6.45, 7) is 0. The van der Waals surface area contributed by atoms with E-state index in [4.69, 9.17) is 4.74 Å². The lowest BCUT2D eigenvalue weighted by Gasteiger charge is -2.27. The largest absolute Gasteiger partial charge is 0.494 e. The second kappa shape index (κ2) is 5.50. The van der Waals surface area contributed by atoms with E-state index in [1.54, 1.807) is 18.2 Å². The minimum atomic E-state index is -0.703. The molecule has 1 aromatic rings. The molecule has 2 nitrogen and oxygen atoms in total. The third kappa shape index (κ3) is 2.60. The van der Waals surface area contributed by atoms with Crippen molar-refractivity contribution in [1.29, 1.82) is 0 Å². The first kappa shape index (κ1) is 12.4. The molecule has 1 saturated carbocycles. The monoisotopic (exact) mass is 238 g/mol. The van der Waals surface area contributed by atoms with Crippen LogP contribution in [-0.4, -0.2) is 12.2 Å². The first-order valence-corrected chi connectivity index (χ1v) is 6.24. The molecule has 0 radical (unpaired) electrons. The van der Waals surface area contributed by atoms with Gasteiger partial charge < -0.3 is 9.84 Å². The van der Waals surface area contributed by atoms with Crippen LogP contribution in [0.5, 0.6) is 5.75 Å². The first-order chi connectivity index (χ1) is 8.24. The van der Waals surface area contributed by atoms with Crippen molar-refractivity contribution in [1.82, 2.24) is 0 Å². The molecule has 0 aromatic heterocycles. The van der Waals surface area contributed by atoms with Crippen LogP contribution in [0.25, 0.3) is 0 Å². The van der Waals surface area contributed by atoms with Crippen LogP contribution in [0, 0.1) is 11.7 Å². The van der Waals surface area contributed by atoms with Gasteiger partial charge in [0.15, 0.2) is 11.6 Å². The molecule has 0 spiro atoms. The third-order valence-corrected chi connectivity index (χ3v) is 3.63. The van der Waals surface area contributed by atoms with Crippen LogP contribution in [0.4, 0.5) is 4.39 Å². The van der Waals surface area contributed by atoms with Crippen molar-refractivity contribution >= 4 is 0 Å². The van der Waals surface area contributed by atoms with E-state index in [9.17, 15) is 9.50 Å². The van der Waals surface area contributed by atoms with Crippen LogP contribution < -0.4 is 4.74 Å². The molecular formula is C14H19FO2. The summed E-state index contributed by atoms with van der Waals surface area (Å²) in [5.41, 5.74) is 0.372. The van der Waals surface area contributed by atoms with Gasteiger partial charge in [0.1, 0.15) is 0 Å². The van der Waals surface area contributed by atoms with Crippen LogP contribution in [-0.2, 0) is 0 Å². The summed E-state index contributed by atoms with van der Waals surface area (Å²) in [7, 11) is 1.44. The highest BCUT2D eigenvalue weighted by atomic mass is 19.1. The van der Waals surface area contributed by atoms with Crippen LogP contribution in [0.2, 0.25) is 0 Å². The summed E-state index contributed by atoms with van der Waals surface area (Å²) >= 11 is 0. The molecule has 3 heteroatoms. The van der Waals surface area contributed by atoms with Gasteiger partial charge in [-0.25, -0.2) is 4.39 Å². The van der Waals surface area contributed by atoms with E-state index in [2.05, 4.69) is 0 Å². The smallest absolute Gasteiger partial charge is 0.170 e. The second-order valence-electron chi connectivity index (χ2n) is 4.71. The summed E-state index contributed by atoms with van der Waals surface area (Å²) in [6.07, 6.45) is 4.76. The fourth-order valence-electron chi connectivity index (χ4n) is 2.62. The lowest BCUT2D eigenvalue weighted by molar-refractivity contribution is 0.0811. The average molecular weight is 238 g/mol. The van der Waals surface area contributed by atoms with Crippen molar-refractivity contribution in [3.05, 3.63) is 29.6 Å². The maximum absolute atomic E-state index is 14.0. The predicted molar refractivity (Wildman–Crippen MR) is 64.5 cm³/mol. The van der Waals surface area contributed by atoms with Crippen LogP contribution in [0.15, 0.2) is 18.2 Å². The molecule has 94 valence electrons. The Bertz CT molecular complexity index is 372. The number of aliphatic hydroxyl groups is 1. The molecule has 0 bridgehead atoms. The fraction of sp³-hybridized carbons (Fsp3) is 0.571. The normalized spacial score (nSPS) is 19.0. The zero-order valence-corrected chi connectivity index (χ0v) is 10.2. The molecule has 1 N–H and O–H groups in total. The van der Waals surface area contributed by atoms with Crippen molar-refractivity contribution in [2.75, 3.05) is 7.11 Å². The zero-order chi connectivity index (χ0) is 12.3. The number of methoxy groups -OCH3 is 1. The van der Waals surface area contributed by atoms with E-state index in [1.807, 2.05) is 0 Å². The van der Waals surface area contributed by atoms with E-state index in [-0.39, 0.29) is 11.7 Å². The zero-order valence-electron chi connectivity index (χ0n) is 10.2. The highest BCUT2D eigenvalue weighted by Crippen LogP contribution is 2.36. The Balaban J connectivity index is 2.20. The molecule has 17 heavy (non-hydrogen) atoms. The molecular weight excluding hydrogens is 219 g/mol. The SMILES string of the molecule is COc1cccc(C(O)C2CCCCC2)c1F. The van der Waals surface area contributed by atoms with E-state index in [0.29, 0.717) is 5.56 Å². The van der Waals surface area contributed by atoms with Gasteiger partial charge in [0.05, 0.1) is 13.2 Å². The number of rotatable bonds is 3. The Hall–Kier alpha value is -1.09. The molecule has 1 aromatic carbocycles. The first-order valence-electron chi connectivity index (χ1n) is 6.24. The lowest BCUT2D eigenvalue weighted by atomic mass is 9.82. The van der Waals surface area contributed by atoms with Crippen molar-refractivity contribution < 1.29 is 14.2 Å². The topological polar surface area (TPSA) is 29.5 Å². The van der Waals surface area contributed by atoms with Crippen LogP contribution in [0.3, 0.4) is 0 Å². The Morgan fingerprint density at radius 1 is 1.29 bits per heavy atom. The number of halogens is 1. The van der Waals surface area contributed by atoms with Gasteiger partial charge in [0.25, 0.3) is 0 Å². The fourth-order valence-corrected chi connectivity index (χ4v) is 2.62. The van der Waals surface area contributed by atoms with Gasteiger partial charge in [-0.1, -0.05) is 31.4 Å². The lowest BCUT2D eigenvalue weighted by Crippen LogP contribution is -2.17. The van der Waals surface area contributed by atoms with Gasteiger partial charge in [-0.2, -0.15) is 0 Å². The van der Waals surface area contributed by atoms with Gasteiger partial charge in [0.2, 0.25) is 0 Å². The van der Waals surface area contributed by atoms with Crippen molar-refractivity contribution in [2.45, 2.75) is 38.2 Å². The highest BCUT2D eigenvalue weighted by Gasteiger charge is 2.26. The van der Waals surface area contributed by atoms with Crippen LogP contribution in [0.1, 0.15) is 43.8 Å². The molecule has 1 fully saturated rings. The van der Waals surface area contributed by atoms with Gasteiger partial charge in [-0.05, 0) is 24.8 Å². The molecule has 1 aliphatic carbocycles. The van der Waals surface area contributed by atoms with Crippen LogP contribution >= 0.6 is 0 Å². The number of hydrogen-bond donors (Lipinski definition) is 1. The summed E-state index contributed by atoms with van der Waals surface area (Å²) in [4.78, 5) is 0. The quantitative estimate of drug-likeness (QED) is 0.874. The highest BCUT2D eigenvalue weighted by molar-refractivity contribution is 5.32. The number of benzene rings is 1. The maximum atomic E-state index is 14.0. The van der Waals surface area contributed by atoms with Gasteiger partial charge in [-0.3, -0.25) is 0 Å². The van der Waals surface area contributed by atoms with Gasteiger partial charge >= 0.3 is 0 Å². The molecule has 1 aliphatic rings. The number of ether oxygens (including phenoxy) is 1. The van der Waals surface area contributed by atoms with E-state index < -0.39 is 11.9 Å². The Morgan fingerprint density at radius 2 is 2.00 bits per heavy atom. The number of hydrogen-bond acceptors (Lipinski definition) is 2. The Labute approximate surface area is 101 Å². The van der Waals surface area contributed by atoms with Gasteiger partial charge in [0, 0.05) is 5.56 Å². The molecule has 1 atom stereocenters. The maximum Gasteiger partial charge on any atom is 0.170 e. The molecule has 0 aliphatic heterocycles. The summed E-state index contributed by atoms with van der Waals surface area (Å²) < 4.78 is 18.9. The van der Waals surface area contributed by atoms with Crippen molar-refractivity contribution in [3.63, 3.8) is 0 Å². The summed E-state index contributed by atoms with van der Waals surface area (Å²) in [6, 6.07) is 4.95. The summed E-state index contributed by atoms with van der Waals surface area (Å²) in [5.74, 6) is -0.0317. The van der Waals surface area contributed by atoms with E-state index in [0.717, 1.165) is 25.7 Å². The Kier molecular flexibility index (Phi) is 4.00. The molecule has 0 saturated heterocycles.